The van der Waals surface area contributed by atoms with Crippen LogP contribution in [0, 0.1) is 0 Å². The van der Waals surface area contributed by atoms with Crippen LogP contribution < -0.4 is 10.0 Å². The van der Waals surface area contributed by atoms with Gasteiger partial charge in [0.1, 0.15) is 0 Å². The molecule has 0 radical (unpaired) electrons. The van der Waals surface area contributed by atoms with Gasteiger partial charge < -0.3 is 14.8 Å². The highest BCUT2D eigenvalue weighted by molar-refractivity contribution is 7.99. The van der Waals surface area contributed by atoms with Crippen LogP contribution in [0.2, 0.25) is 0 Å². The van der Waals surface area contributed by atoms with Gasteiger partial charge in [-0.15, -0.1) is 0 Å². The standard InChI is InChI=1S/C13H20N2OS/c1-15(17-2)13-8-10(5-6-12(13)14)11-4-3-7-16-9-11/h5-6,8,11H,3-4,7,9,14H2,1-2H3. The van der Waals surface area contributed by atoms with Crippen LogP contribution in [0.25, 0.3) is 0 Å². The van der Waals surface area contributed by atoms with Crippen molar-refractivity contribution in [2.75, 3.05) is 36.6 Å². The number of rotatable bonds is 3. The van der Waals surface area contributed by atoms with E-state index in [0.29, 0.717) is 5.92 Å². The van der Waals surface area contributed by atoms with E-state index in [2.05, 4.69) is 22.7 Å². The van der Waals surface area contributed by atoms with E-state index in [4.69, 9.17) is 10.5 Å². The Morgan fingerprint density at radius 1 is 1.47 bits per heavy atom. The molecule has 1 atom stereocenters. The highest BCUT2D eigenvalue weighted by Gasteiger charge is 2.17. The maximum absolute atomic E-state index is 6.01. The predicted molar refractivity (Wildman–Crippen MR) is 75.6 cm³/mol. The average Bonchev–Trinajstić information content (AvgIpc) is 2.39. The summed E-state index contributed by atoms with van der Waals surface area (Å²) in [5.41, 5.74) is 9.28. The molecule has 1 aromatic rings. The summed E-state index contributed by atoms with van der Waals surface area (Å²) in [6.07, 6.45) is 4.42. The second kappa shape index (κ2) is 5.65. The smallest absolute Gasteiger partial charge is 0.0699 e. The molecule has 3 nitrogen and oxygen atoms in total. The van der Waals surface area contributed by atoms with Gasteiger partial charge in [0.25, 0.3) is 0 Å². The fraction of sp³-hybridized carbons (Fsp3) is 0.538. The van der Waals surface area contributed by atoms with Gasteiger partial charge in [-0.1, -0.05) is 18.0 Å². The second-order valence-corrected chi connectivity index (χ2v) is 5.33. The van der Waals surface area contributed by atoms with Crippen LogP contribution in [0.4, 0.5) is 11.4 Å². The number of hydrogen-bond donors (Lipinski definition) is 1. The maximum Gasteiger partial charge on any atom is 0.0699 e. The summed E-state index contributed by atoms with van der Waals surface area (Å²) < 4.78 is 7.64. The zero-order valence-corrected chi connectivity index (χ0v) is 11.3. The molecule has 2 N–H and O–H groups in total. The summed E-state index contributed by atoms with van der Waals surface area (Å²) in [5.74, 6) is 0.526. The molecule has 1 unspecified atom stereocenters. The Labute approximate surface area is 107 Å². The number of nitrogens with two attached hydrogens (primary N) is 1. The predicted octanol–water partition coefficient (Wildman–Crippen LogP) is 2.88. The van der Waals surface area contributed by atoms with Gasteiger partial charge in [0.2, 0.25) is 0 Å². The Balaban J connectivity index is 2.23. The van der Waals surface area contributed by atoms with Gasteiger partial charge in [0.05, 0.1) is 18.0 Å². The minimum absolute atomic E-state index is 0.526. The van der Waals surface area contributed by atoms with Crippen LogP contribution in [0.3, 0.4) is 0 Å². The largest absolute Gasteiger partial charge is 0.397 e. The molecular formula is C13H20N2OS. The summed E-state index contributed by atoms with van der Waals surface area (Å²) >= 11 is 1.67. The fourth-order valence-corrected chi connectivity index (χ4v) is 2.54. The Morgan fingerprint density at radius 3 is 2.94 bits per heavy atom. The normalized spacial score (nSPS) is 20.2. The zero-order valence-electron chi connectivity index (χ0n) is 10.5. The quantitative estimate of drug-likeness (QED) is 0.663. The molecule has 4 heteroatoms. The number of nitrogens with zero attached hydrogens (tertiary/aromatic N) is 1. The number of nitrogen functional groups attached to an aromatic ring is 1. The van der Waals surface area contributed by atoms with Crippen molar-refractivity contribution in [3.8, 4) is 0 Å². The molecule has 94 valence electrons. The second-order valence-electron chi connectivity index (χ2n) is 4.41. The molecule has 0 aromatic heterocycles. The summed E-state index contributed by atoms with van der Waals surface area (Å²) in [6, 6.07) is 6.34. The van der Waals surface area contributed by atoms with E-state index in [9.17, 15) is 0 Å². The van der Waals surface area contributed by atoms with Gasteiger partial charge in [-0.05, 0) is 30.5 Å². The minimum atomic E-state index is 0.526. The summed E-state index contributed by atoms with van der Waals surface area (Å²) in [4.78, 5) is 0. The third kappa shape index (κ3) is 2.87. The molecule has 1 fully saturated rings. The van der Waals surface area contributed by atoms with Crippen LogP contribution in [-0.4, -0.2) is 26.5 Å². The van der Waals surface area contributed by atoms with Crippen LogP contribution >= 0.6 is 11.9 Å². The topological polar surface area (TPSA) is 38.5 Å². The lowest BCUT2D eigenvalue weighted by Gasteiger charge is -2.25. The first-order chi connectivity index (χ1) is 8.22. The van der Waals surface area contributed by atoms with Gasteiger partial charge in [-0.2, -0.15) is 0 Å². The van der Waals surface area contributed by atoms with Crippen molar-refractivity contribution in [3.05, 3.63) is 23.8 Å². The highest BCUT2D eigenvalue weighted by Crippen LogP contribution is 2.32. The lowest BCUT2D eigenvalue weighted by atomic mass is 9.93. The minimum Gasteiger partial charge on any atom is -0.397 e. The Morgan fingerprint density at radius 2 is 2.29 bits per heavy atom. The van der Waals surface area contributed by atoms with E-state index < -0.39 is 0 Å². The van der Waals surface area contributed by atoms with Crippen molar-refractivity contribution in [1.82, 2.24) is 0 Å². The van der Waals surface area contributed by atoms with Gasteiger partial charge >= 0.3 is 0 Å². The molecule has 1 heterocycles. The molecule has 0 amide bonds. The summed E-state index contributed by atoms with van der Waals surface area (Å²) in [5, 5.41) is 0. The van der Waals surface area contributed by atoms with Crippen molar-refractivity contribution >= 4 is 23.3 Å². The first-order valence-electron chi connectivity index (χ1n) is 5.97. The molecule has 1 saturated heterocycles. The monoisotopic (exact) mass is 252 g/mol. The average molecular weight is 252 g/mol. The van der Waals surface area contributed by atoms with E-state index in [1.165, 1.54) is 12.0 Å². The lowest BCUT2D eigenvalue weighted by molar-refractivity contribution is 0.0804. The third-order valence-electron chi connectivity index (χ3n) is 3.30. The summed E-state index contributed by atoms with van der Waals surface area (Å²) in [7, 11) is 2.04. The molecule has 0 aliphatic carbocycles. The molecule has 17 heavy (non-hydrogen) atoms. The van der Waals surface area contributed by atoms with Crippen LogP contribution in [-0.2, 0) is 4.74 Å². The summed E-state index contributed by atoms with van der Waals surface area (Å²) in [6.45, 7) is 1.75. The van der Waals surface area contributed by atoms with E-state index in [0.717, 1.165) is 31.0 Å². The van der Waals surface area contributed by atoms with Crippen LogP contribution in [0.5, 0.6) is 0 Å². The van der Waals surface area contributed by atoms with Crippen LogP contribution in [0.1, 0.15) is 24.3 Å². The molecule has 0 saturated carbocycles. The number of benzene rings is 1. The number of ether oxygens (including phenoxy) is 1. The van der Waals surface area contributed by atoms with Gasteiger partial charge in [-0.3, -0.25) is 0 Å². The van der Waals surface area contributed by atoms with Crippen molar-refractivity contribution in [2.45, 2.75) is 18.8 Å². The SMILES string of the molecule is CSN(C)c1cc(C2CCCOC2)ccc1N. The van der Waals surface area contributed by atoms with E-state index >= 15 is 0 Å². The van der Waals surface area contributed by atoms with Gasteiger partial charge in [0, 0.05) is 25.8 Å². The first kappa shape index (κ1) is 12.6. The molecule has 1 aromatic carbocycles. The van der Waals surface area contributed by atoms with Crippen molar-refractivity contribution < 1.29 is 4.74 Å². The van der Waals surface area contributed by atoms with E-state index in [-0.39, 0.29) is 0 Å². The number of anilines is 2. The maximum atomic E-state index is 6.01. The molecular weight excluding hydrogens is 232 g/mol. The molecule has 1 aliphatic rings. The lowest BCUT2D eigenvalue weighted by Crippen LogP contribution is -2.16. The van der Waals surface area contributed by atoms with Crippen LogP contribution in [0.15, 0.2) is 18.2 Å². The Kier molecular flexibility index (Phi) is 4.18. The van der Waals surface area contributed by atoms with E-state index in [1.807, 2.05) is 13.1 Å². The highest BCUT2D eigenvalue weighted by atomic mass is 32.2. The fourth-order valence-electron chi connectivity index (χ4n) is 2.19. The third-order valence-corrected chi connectivity index (χ3v) is 4.04. The molecule has 0 spiro atoms. The number of hydrogen-bond acceptors (Lipinski definition) is 4. The van der Waals surface area contributed by atoms with Crippen molar-refractivity contribution in [2.24, 2.45) is 0 Å². The van der Waals surface area contributed by atoms with Gasteiger partial charge in [0.15, 0.2) is 0 Å². The first-order valence-corrected chi connectivity index (χ1v) is 7.15. The Bertz CT molecular complexity index is 378. The van der Waals surface area contributed by atoms with Gasteiger partial charge in [-0.25, -0.2) is 0 Å². The van der Waals surface area contributed by atoms with Crippen molar-refractivity contribution in [1.29, 1.82) is 0 Å². The molecule has 2 rings (SSSR count). The molecule has 1 aliphatic heterocycles. The van der Waals surface area contributed by atoms with E-state index in [1.54, 1.807) is 11.9 Å². The van der Waals surface area contributed by atoms with Crippen molar-refractivity contribution in [3.63, 3.8) is 0 Å². The zero-order chi connectivity index (χ0) is 12.3. The molecule has 0 bridgehead atoms. The Hall–Kier alpha value is -0.870.